The zero-order valence-corrected chi connectivity index (χ0v) is 21.7. The molecule has 0 saturated carbocycles. The van der Waals surface area contributed by atoms with E-state index in [0.29, 0.717) is 11.3 Å². The fourth-order valence-electron chi connectivity index (χ4n) is 3.32. The molecule has 4 aromatic rings. The fraction of sp³-hybridized carbons (Fsp3) is 0.174. The third-order valence-electron chi connectivity index (χ3n) is 4.95. The Morgan fingerprint density at radius 3 is 2.75 bits per heavy atom. The van der Waals surface area contributed by atoms with E-state index in [2.05, 4.69) is 10.2 Å². The van der Waals surface area contributed by atoms with E-state index in [4.69, 9.17) is 43.4 Å². The first kappa shape index (κ1) is 25.9. The van der Waals surface area contributed by atoms with E-state index in [1.165, 1.54) is 35.7 Å². The molecule has 186 valence electrons. The Morgan fingerprint density at radius 1 is 1.25 bits per heavy atom. The van der Waals surface area contributed by atoms with Gasteiger partial charge in [-0.05, 0) is 30.7 Å². The lowest BCUT2D eigenvalue weighted by Gasteiger charge is -2.11. The van der Waals surface area contributed by atoms with Crippen molar-refractivity contribution in [3.05, 3.63) is 68.6 Å². The van der Waals surface area contributed by atoms with Gasteiger partial charge in [-0.2, -0.15) is 5.26 Å². The Kier molecular flexibility index (Phi) is 7.51. The number of nitriles is 1. The summed E-state index contributed by atoms with van der Waals surface area (Å²) in [7, 11) is -3.52. The van der Waals surface area contributed by atoms with Crippen molar-refractivity contribution in [2.75, 3.05) is 11.5 Å². The van der Waals surface area contributed by atoms with E-state index in [1.807, 2.05) is 6.07 Å². The average Bonchev–Trinajstić information content (AvgIpc) is 3.44. The van der Waals surface area contributed by atoms with Gasteiger partial charge < -0.3 is 14.9 Å². The molecule has 0 aliphatic rings. The van der Waals surface area contributed by atoms with E-state index in [0.717, 1.165) is 11.3 Å². The van der Waals surface area contributed by atoms with Crippen LogP contribution in [0.5, 0.6) is 11.5 Å². The van der Waals surface area contributed by atoms with Crippen LogP contribution < -0.4 is 10.5 Å². The Morgan fingerprint density at radius 2 is 2.03 bits per heavy atom. The summed E-state index contributed by atoms with van der Waals surface area (Å²) in [5.41, 5.74) is 6.49. The van der Waals surface area contributed by atoms with Gasteiger partial charge in [0.2, 0.25) is 5.89 Å². The number of aromatic nitrogens is 2. The number of ether oxygens (including phenoxy) is 1. The molecule has 0 bridgehead atoms. The van der Waals surface area contributed by atoms with Crippen molar-refractivity contribution in [2.24, 2.45) is 0 Å². The van der Waals surface area contributed by atoms with Gasteiger partial charge in [-0.25, -0.2) is 12.8 Å². The van der Waals surface area contributed by atoms with Crippen molar-refractivity contribution in [2.45, 2.75) is 24.7 Å². The van der Waals surface area contributed by atoms with Gasteiger partial charge in [0.05, 0.1) is 34.5 Å². The van der Waals surface area contributed by atoms with E-state index < -0.39 is 15.7 Å². The molecule has 8 nitrogen and oxygen atoms in total. The van der Waals surface area contributed by atoms with Crippen LogP contribution in [-0.4, -0.2) is 24.4 Å². The Labute approximate surface area is 220 Å². The number of nitrogen functional groups attached to an aromatic ring is 1. The normalized spacial score (nSPS) is 11.4. The van der Waals surface area contributed by atoms with Crippen LogP contribution in [0.2, 0.25) is 10.0 Å². The molecule has 2 aromatic carbocycles. The topological polar surface area (TPSA) is 132 Å². The van der Waals surface area contributed by atoms with Crippen molar-refractivity contribution in [3.63, 3.8) is 0 Å². The van der Waals surface area contributed by atoms with Crippen LogP contribution >= 0.6 is 34.5 Å². The average molecular weight is 567 g/mol. The molecule has 2 aromatic heterocycles. The van der Waals surface area contributed by atoms with Gasteiger partial charge in [0.1, 0.15) is 15.5 Å². The van der Waals surface area contributed by atoms with E-state index in [1.54, 1.807) is 6.92 Å². The van der Waals surface area contributed by atoms with E-state index >= 15 is 4.39 Å². The van der Waals surface area contributed by atoms with Crippen molar-refractivity contribution in [1.29, 1.82) is 5.26 Å². The number of hydrogen-bond acceptors (Lipinski definition) is 9. The summed E-state index contributed by atoms with van der Waals surface area (Å²) in [6.07, 6.45) is 0.352. The number of thiophene rings is 1. The lowest BCUT2D eigenvalue weighted by atomic mass is 10.1. The molecule has 0 saturated heterocycles. The van der Waals surface area contributed by atoms with E-state index in [9.17, 15) is 8.42 Å². The summed E-state index contributed by atoms with van der Waals surface area (Å²) in [6, 6.07) is 9.11. The fourth-order valence-corrected chi connectivity index (χ4v) is 6.50. The second kappa shape index (κ2) is 10.4. The zero-order chi connectivity index (χ0) is 26.0. The van der Waals surface area contributed by atoms with Crippen LogP contribution in [0.25, 0.3) is 10.8 Å². The monoisotopic (exact) mass is 566 g/mol. The van der Waals surface area contributed by atoms with Gasteiger partial charge in [-0.15, -0.1) is 21.5 Å². The Bertz CT molecular complexity index is 1600. The van der Waals surface area contributed by atoms with Crippen molar-refractivity contribution < 1.29 is 22.0 Å². The molecule has 0 spiro atoms. The highest BCUT2D eigenvalue weighted by Gasteiger charge is 2.25. The molecule has 0 radical (unpaired) electrons. The summed E-state index contributed by atoms with van der Waals surface area (Å²) >= 11 is 13.2. The molecule has 36 heavy (non-hydrogen) atoms. The van der Waals surface area contributed by atoms with Gasteiger partial charge in [0.15, 0.2) is 21.4 Å². The zero-order valence-electron chi connectivity index (χ0n) is 18.6. The summed E-state index contributed by atoms with van der Waals surface area (Å²) < 4.78 is 51.4. The Balaban J connectivity index is 1.60. The molecule has 0 atom stereocenters. The molecule has 2 N–H and O–H groups in total. The Hall–Kier alpha value is -3.17. The highest BCUT2D eigenvalue weighted by Crippen LogP contribution is 2.39. The summed E-state index contributed by atoms with van der Waals surface area (Å²) in [5.74, 6) is -0.816. The summed E-state index contributed by atoms with van der Waals surface area (Å²) in [4.78, 5) is 0.341. The highest BCUT2D eigenvalue weighted by molar-refractivity contribution is 7.91. The van der Waals surface area contributed by atoms with Crippen LogP contribution in [0.1, 0.15) is 30.4 Å². The maximum atomic E-state index is 15.3. The first-order valence-electron chi connectivity index (χ1n) is 10.4. The lowest BCUT2D eigenvalue weighted by Crippen LogP contribution is -2.07. The second-order valence-electron chi connectivity index (χ2n) is 7.58. The molecular weight excluding hydrogens is 550 g/mol. The number of nitrogens with zero attached hydrogens (tertiary/aromatic N) is 3. The molecule has 0 aliphatic carbocycles. The van der Waals surface area contributed by atoms with Gasteiger partial charge in [-0.1, -0.05) is 36.2 Å². The molecule has 0 aliphatic heterocycles. The predicted molar refractivity (Wildman–Crippen MR) is 135 cm³/mol. The predicted octanol–water partition coefficient (Wildman–Crippen LogP) is 6.26. The maximum absolute atomic E-state index is 15.3. The standard InChI is InChI=1S/C23H17Cl2FN4O4S2/c1-2-5-36(31,32)17-11-35-22(20(17)28)23-30-29-18(34-23)8-13-3-4-16(25)21(19(13)26)33-15-7-12(10-27)6-14(24)9-15/h3-4,6-7,9,11H,2,5,8,28H2,1H3. The molecule has 0 fully saturated rings. The molecule has 4 rings (SSSR count). The van der Waals surface area contributed by atoms with Crippen LogP contribution in [0, 0.1) is 17.1 Å². The number of rotatable bonds is 8. The van der Waals surface area contributed by atoms with Gasteiger partial charge >= 0.3 is 0 Å². The maximum Gasteiger partial charge on any atom is 0.259 e. The minimum Gasteiger partial charge on any atom is -0.453 e. The lowest BCUT2D eigenvalue weighted by molar-refractivity contribution is 0.437. The third-order valence-corrected chi connectivity index (χ3v) is 8.56. The van der Waals surface area contributed by atoms with Gasteiger partial charge in [-0.3, -0.25) is 0 Å². The van der Waals surface area contributed by atoms with E-state index in [-0.39, 0.29) is 67.2 Å². The molecule has 2 heterocycles. The number of sulfone groups is 1. The number of benzene rings is 2. The summed E-state index contributed by atoms with van der Waals surface area (Å²) in [6.45, 7) is 1.76. The minimum absolute atomic E-state index is 0.00753. The number of nitrogens with two attached hydrogens (primary N) is 1. The molecule has 0 amide bonds. The van der Waals surface area contributed by atoms with Crippen LogP contribution in [0.4, 0.5) is 10.1 Å². The number of halogens is 3. The smallest absolute Gasteiger partial charge is 0.259 e. The first-order valence-corrected chi connectivity index (χ1v) is 13.7. The van der Waals surface area contributed by atoms with Gasteiger partial charge in [0, 0.05) is 16.0 Å². The van der Waals surface area contributed by atoms with Crippen molar-refractivity contribution in [1.82, 2.24) is 10.2 Å². The van der Waals surface area contributed by atoms with Crippen LogP contribution in [0.3, 0.4) is 0 Å². The quantitative estimate of drug-likeness (QED) is 0.264. The first-order chi connectivity index (χ1) is 17.1. The number of anilines is 1. The molecular formula is C23H17Cl2FN4O4S2. The minimum atomic E-state index is -3.52. The third kappa shape index (κ3) is 5.32. The van der Waals surface area contributed by atoms with Crippen LogP contribution in [-0.2, 0) is 16.3 Å². The molecule has 0 unspecified atom stereocenters. The van der Waals surface area contributed by atoms with Crippen LogP contribution in [0.15, 0.2) is 45.0 Å². The highest BCUT2D eigenvalue weighted by atomic mass is 35.5. The summed E-state index contributed by atoms with van der Waals surface area (Å²) in [5, 5.41) is 18.7. The molecule has 13 heteroatoms. The van der Waals surface area contributed by atoms with Crippen molar-refractivity contribution in [3.8, 4) is 28.3 Å². The number of hydrogen-bond donors (Lipinski definition) is 1. The van der Waals surface area contributed by atoms with Crippen molar-refractivity contribution >= 4 is 50.1 Å². The SMILES string of the molecule is CCCS(=O)(=O)c1csc(-c2nnc(Cc3ccc(Cl)c(Oc4cc(Cl)cc(C#N)c4)c3F)o2)c1N. The van der Waals surface area contributed by atoms with Gasteiger partial charge in [0.25, 0.3) is 5.89 Å². The largest absolute Gasteiger partial charge is 0.453 e. The second-order valence-corrected chi connectivity index (χ2v) is 11.4.